The fraction of sp³-hybridized carbons (Fsp3) is 0.208. The zero-order valence-corrected chi connectivity index (χ0v) is 19.9. The van der Waals surface area contributed by atoms with Crippen LogP contribution >= 0.6 is 23.2 Å². The maximum Gasteiger partial charge on any atom is 0.279 e. The maximum atomic E-state index is 12.9. The van der Waals surface area contributed by atoms with E-state index in [2.05, 4.69) is 15.6 Å². The highest BCUT2D eigenvalue weighted by molar-refractivity contribution is 6.35. The number of aromatic nitrogens is 3. The number of halogens is 2. The quantitative estimate of drug-likeness (QED) is 0.348. The van der Waals surface area contributed by atoms with Crippen LogP contribution in [0.25, 0.3) is 0 Å². The number of aryl methyl sites for hydroxylation is 3. The first-order valence-corrected chi connectivity index (χ1v) is 11.0. The molecule has 0 aliphatic heterocycles. The van der Waals surface area contributed by atoms with Crippen molar-refractivity contribution in [2.45, 2.75) is 33.9 Å². The van der Waals surface area contributed by atoms with E-state index in [-0.39, 0.29) is 12.3 Å². The van der Waals surface area contributed by atoms with Gasteiger partial charge in [0, 0.05) is 21.8 Å². The summed E-state index contributed by atoms with van der Waals surface area (Å²) in [6.07, 6.45) is 0. The molecule has 0 fully saturated rings. The van der Waals surface area contributed by atoms with Crippen LogP contribution in [-0.4, -0.2) is 20.8 Å². The zero-order valence-electron chi connectivity index (χ0n) is 18.4. The molecule has 1 amide bonds. The van der Waals surface area contributed by atoms with Gasteiger partial charge in [-0.15, -0.1) is 0 Å². The van der Waals surface area contributed by atoms with Crippen LogP contribution in [0.15, 0.2) is 53.1 Å². The molecule has 0 radical (unpaired) electrons. The van der Waals surface area contributed by atoms with Gasteiger partial charge < -0.3 is 14.6 Å². The van der Waals surface area contributed by atoms with Gasteiger partial charge in [-0.2, -0.15) is 5.10 Å². The van der Waals surface area contributed by atoms with Gasteiger partial charge in [0.1, 0.15) is 18.1 Å². The number of ether oxygens (including phenoxy) is 1. The summed E-state index contributed by atoms with van der Waals surface area (Å²) in [5.74, 6) is 1.23. The molecule has 9 heteroatoms. The number of anilines is 1. The Labute approximate surface area is 201 Å². The summed E-state index contributed by atoms with van der Waals surface area (Å²) in [6.45, 7) is 6.20. The molecule has 2 aromatic carbocycles. The topological polar surface area (TPSA) is 82.2 Å². The second kappa shape index (κ2) is 9.68. The molecule has 0 bridgehead atoms. The lowest BCUT2D eigenvalue weighted by molar-refractivity contribution is 0.101. The molecule has 0 saturated carbocycles. The molecule has 0 unspecified atom stereocenters. The number of nitrogens with one attached hydrogen (secondary N) is 1. The molecule has 33 heavy (non-hydrogen) atoms. The molecule has 2 heterocycles. The summed E-state index contributed by atoms with van der Waals surface area (Å²) in [7, 11) is 0. The zero-order chi connectivity index (χ0) is 23.5. The first-order chi connectivity index (χ1) is 15.8. The minimum Gasteiger partial charge on any atom is -0.488 e. The van der Waals surface area contributed by atoms with Crippen molar-refractivity contribution in [3.8, 4) is 5.75 Å². The predicted octanol–water partition coefficient (Wildman–Crippen LogP) is 5.98. The van der Waals surface area contributed by atoms with Crippen molar-refractivity contribution in [3.05, 3.63) is 92.4 Å². The second-order valence-electron chi connectivity index (χ2n) is 7.64. The van der Waals surface area contributed by atoms with E-state index >= 15 is 0 Å². The Morgan fingerprint density at radius 1 is 1.12 bits per heavy atom. The molecule has 170 valence electrons. The number of hydrogen-bond acceptors (Lipinski definition) is 5. The number of amides is 1. The van der Waals surface area contributed by atoms with Crippen molar-refractivity contribution < 1.29 is 14.1 Å². The van der Waals surface area contributed by atoms with Crippen molar-refractivity contribution in [1.29, 1.82) is 0 Å². The predicted molar refractivity (Wildman–Crippen MR) is 127 cm³/mol. The fourth-order valence-corrected chi connectivity index (χ4v) is 3.79. The molecule has 0 aliphatic rings. The average molecular weight is 485 g/mol. The normalized spacial score (nSPS) is 10.9. The Morgan fingerprint density at radius 3 is 2.67 bits per heavy atom. The van der Waals surface area contributed by atoms with E-state index in [1.54, 1.807) is 29.8 Å². The van der Waals surface area contributed by atoms with Crippen LogP contribution in [0.2, 0.25) is 10.0 Å². The third-order valence-electron chi connectivity index (χ3n) is 5.22. The Hall–Kier alpha value is -3.29. The van der Waals surface area contributed by atoms with E-state index in [4.69, 9.17) is 32.5 Å². The van der Waals surface area contributed by atoms with Crippen LogP contribution in [0.4, 0.5) is 5.82 Å². The lowest BCUT2D eigenvalue weighted by Crippen LogP contribution is -2.16. The van der Waals surface area contributed by atoms with E-state index in [1.807, 2.05) is 44.2 Å². The van der Waals surface area contributed by atoms with Crippen LogP contribution in [-0.2, 0) is 13.2 Å². The molecule has 0 spiro atoms. The number of benzene rings is 2. The van der Waals surface area contributed by atoms with Gasteiger partial charge in [-0.25, -0.2) is 0 Å². The van der Waals surface area contributed by atoms with Crippen molar-refractivity contribution in [2.24, 2.45) is 0 Å². The van der Waals surface area contributed by atoms with E-state index in [1.165, 1.54) is 0 Å². The molecule has 0 aliphatic carbocycles. The smallest absolute Gasteiger partial charge is 0.279 e. The highest BCUT2D eigenvalue weighted by Crippen LogP contribution is 2.24. The first-order valence-electron chi connectivity index (χ1n) is 10.2. The van der Waals surface area contributed by atoms with E-state index in [0.717, 1.165) is 22.6 Å². The van der Waals surface area contributed by atoms with Gasteiger partial charge in [0.2, 0.25) is 0 Å². The molecular formula is C24H22Cl2N4O3. The highest BCUT2D eigenvalue weighted by Gasteiger charge is 2.22. The number of para-hydroxylation sites is 1. The Morgan fingerprint density at radius 2 is 1.91 bits per heavy atom. The average Bonchev–Trinajstić information content (AvgIpc) is 3.31. The maximum absolute atomic E-state index is 12.9. The molecule has 0 atom stereocenters. The Bertz CT molecular complexity index is 1310. The molecule has 2 aromatic heterocycles. The van der Waals surface area contributed by atoms with Crippen LogP contribution in [0.3, 0.4) is 0 Å². The van der Waals surface area contributed by atoms with Gasteiger partial charge in [-0.1, -0.05) is 52.6 Å². The van der Waals surface area contributed by atoms with Crippen LogP contribution < -0.4 is 10.1 Å². The lowest BCUT2D eigenvalue weighted by Gasteiger charge is -2.09. The van der Waals surface area contributed by atoms with Gasteiger partial charge in [0.05, 0.1) is 12.1 Å². The number of carbonyl (C=O) groups is 1. The molecule has 7 nitrogen and oxygen atoms in total. The largest absolute Gasteiger partial charge is 0.488 e. The Balaban J connectivity index is 1.48. The van der Waals surface area contributed by atoms with Crippen LogP contribution in [0.1, 0.15) is 38.6 Å². The van der Waals surface area contributed by atoms with E-state index in [9.17, 15) is 4.79 Å². The van der Waals surface area contributed by atoms with Crippen molar-refractivity contribution >= 4 is 34.9 Å². The summed E-state index contributed by atoms with van der Waals surface area (Å²) in [6, 6.07) is 14.8. The number of nitrogens with zero attached hydrogens (tertiary/aromatic N) is 3. The van der Waals surface area contributed by atoms with Crippen LogP contribution in [0, 0.1) is 20.8 Å². The minimum atomic E-state index is -0.426. The summed E-state index contributed by atoms with van der Waals surface area (Å²) >= 11 is 12.3. The van der Waals surface area contributed by atoms with Crippen LogP contribution in [0.5, 0.6) is 5.75 Å². The number of carbonyl (C=O) groups excluding carboxylic acids is 1. The molecule has 0 saturated heterocycles. The van der Waals surface area contributed by atoms with Gasteiger partial charge in [0.15, 0.2) is 11.5 Å². The fourth-order valence-electron chi connectivity index (χ4n) is 3.33. The first kappa shape index (κ1) is 22.9. The summed E-state index contributed by atoms with van der Waals surface area (Å²) in [4.78, 5) is 12.9. The number of hydrogen-bond donors (Lipinski definition) is 1. The van der Waals surface area contributed by atoms with E-state index in [0.29, 0.717) is 33.7 Å². The van der Waals surface area contributed by atoms with Gasteiger partial charge in [0.25, 0.3) is 5.91 Å². The van der Waals surface area contributed by atoms with Crippen molar-refractivity contribution in [2.75, 3.05) is 5.32 Å². The molecule has 4 aromatic rings. The summed E-state index contributed by atoms with van der Waals surface area (Å²) in [5, 5.41) is 12.3. The molecular weight excluding hydrogens is 463 g/mol. The van der Waals surface area contributed by atoms with Gasteiger partial charge in [-0.05, 0) is 50.1 Å². The van der Waals surface area contributed by atoms with E-state index < -0.39 is 5.91 Å². The monoisotopic (exact) mass is 484 g/mol. The SMILES string of the molecule is Cc1ccccc1OCc1c(C(=O)Nc2cc(C)n(Cc3ccc(Cl)cc3Cl)n2)noc1C. The highest BCUT2D eigenvalue weighted by atomic mass is 35.5. The standard InChI is InChI=1S/C24H22Cl2N4O3/c1-14-6-4-5-7-21(14)32-13-19-16(3)33-29-23(19)24(31)27-22-10-15(2)30(28-22)12-17-8-9-18(25)11-20(17)26/h4-11H,12-13H2,1-3H3,(H,27,28,31). The third-order valence-corrected chi connectivity index (χ3v) is 5.81. The summed E-state index contributed by atoms with van der Waals surface area (Å²) < 4.78 is 12.9. The molecule has 1 N–H and O–H groups in total. The van der Waals surface area contributed by atoms with Gasteiger partial charge >= 0.3 is 0 Å². The van der Waals surface area contributed by atoms with Crippen molar-refractivity contribution in [3.63, 3.8) is 0 Å². The van der Waals surface area contributed by atoms with Crippen molar-refractivity contribution in [1.82, 2.24) is 14.9 Å². The number of rotatable bonds is 7. The summed E-state index contributed by atoms with van der Waals surface area (Å²) in [5.41, 5.74) is 3.47. The molecule has 4 rings (SSSR count). The Kier molecular flexibility index (Phi) is 6.72. The minimum absolute atomic E-state index is 0.158. The second-order valence-corrected chi connectivity index (χ2v) is 8.48. The lowest BCUT2D eigenvalue weighted by atomic mass is 10.2. The van der Waals surface area contributed by atoms with Gasteiger partial charge in [-0.3, -0.25) is 9.48 Å². The third kappa shape index (κ3) is 5.21.